The molecule has 0 aliphatic heterocycles. The third kappa shape index (κ3) is 2.19. The van der Waals surface area contributed by atoms with Crippen molar-refractivity contribution in [3.63, 3.8) is 0 Å². The molecule has 0 amide bonds. The molecule has 0 fully saturated rings. The Kier molecular flexibility index (Phi) is 2.88. The maximum Gasteiger partial charge on any atom is 0.449 e. The summed E-state index contributed by atoms with van der Waals surface area (Å²) >= 11 is 0. The number of imidazole rings is 1. The van der Waals surface area contributed by atoms with Gasteiger partial charge in [0.05, 0.1) is 6.20 Å². The Morgan fingerprint density at radius 2 is 2.00 bits per heavy atom. The first-order chi connectivity index (χ1) is 6.75. The quantitative estimate of drug-likeness (QED) is 0.718. The van der Waals surface area contributed by atoms with Gasteiger partial charge in [-0.2, -0.15) is 13.2 Å². The van der Waals surface area contributed by atoms with Crippen LogP contribution in [-0.4, -0.2) is 15.3 Å². The summed E-state index contributed by atoms with van der Waals surface area (Å²) in [5.41, 5.74) is -0.0164. The van der Waals surface area contributed by atoms with Crippen LogP contribution in [0, 0.1) is 0 Å². The lowest BCUT2D eigenvalue weighted by molar-refractivity contribution is -0.147. The van der Waals surface area contributed by atoms with Gasteiger partial charge < -0.3 is 4.57 Å². The van der Waals surface area contributed by atoms with E-state index in [0.717, 1.165) is 10.8 Å². The van der Waals surface area contributed by atoms with Gasteiger partial charge in [-0.05, 0) is 13.8 Å². The van der Waals surface area contributed by atoms with Crippen molar-refractivity contribution in [2.24, 2.45) is 0 Å². The molecule has 1 aromatic rings. The van der Waals surface area contributed by atoms with Crippen LogP contribution in [0.2, 0.25) is 0 Å². The van der Waals surface area contributed by atoms with E-state index < -0.39 is 23.8 Å². The summed E-state index contributed by atoms with van der Waals surface area (Å²) in [5.74, 6) is -1.45. The lowest BCUT2D eigenvalue weighted by Crippen LogP contribution is -2.19. The fraction of sp³-hybridized carbons (Fsp3) is 0.556. The van der Waals surface area contributed by atoms with E-state index in [2.05, 4.69) is 4.98 Å². The highest BCUT2D eigenvalue weighted by Crippen LogP contribution is 2.30. The third-order valence-electron chi connectivity index (χ3n) is 1.93. The standard InChI is InChI=1S/C9H11F3N2O/c1-5(2)14-7(6(3)15)4-13-8(14)9(10,11)12/h4-5H,1-3H3. The van der Waals surface area contributed by atoms with Crippen LogP contribution in [0.5, 0.6) is 0 Å². The molecule has 1 rings (SSSR count). The van der Waals surface area contributed by atoms with Crippen LogP contribution in [0.4, 0.5) is 13.2 Å². The number of carbonyl (C=O) groups is 1. The Labute approximate surface area is 84.9 Å². The van der Waals surface area contributed by atoms with Gasteiger partial charge in [-0.1, -0.05) is 0 Å². The second-order valence-electron chi connectivity index (χ2n) is 3.48. The Bertz CT molecular complexity index is 379. The topological polar surface area (TPSA) is 34.9 Å². The molecule has 0 spiro atoms. The first-order valence-corrected chi connectivity index (χ1v) is 4.40. The molecule has 15 heavy (non-hydrogen) atoms. The predicted octanol–water partition coefficient (Wildman–Crippen LogP) is 2.69. The maximum absolute atomic E-state index is 12.5. The molecule has 0 N–H and O–H groups in total. The van der Waals surface area contributed by atoms with Crippen molar-refractivity contribution in [1.82, 2.24) is 9.55 Å². The molecule has 0 aliphatic carbocycles. The lowest BCUT2D eigenvalue weighted by Gasteiger charge is -2.15. The molecule has 1 heterocycles. The third-order valence-corrected chi connectivity index (χ3v) is 1.93. The van der Waals surface area contributed by atoms with Gasteiger partial charge >= 0.3 is 6.18 Å². The van der Waals surface area contributed by atoms with E-state index in [1.807, 2.05) is 0 Å². The van der Waals surface area contributed by atoms with E-state index in [4.69, 9.17) is 0 Å². The van der Waals surface area contributed by atoms with E-state index >= 15 is 0 Å². The van der Waals surface area contributed by atoms with E-state index in [-0.39, 0.29) is 5.69 Å². The highest BCUT2D eigenvalue weighted by Gasteiger charge is 2.38. The summed E-state index contributed by atoms with van der Waals surface area (Å²) in [6.07, 6.45) is -3.57. The van der Waals surface area contributed by atoms with Crippen molar-refractivity contribution in [3.8, 4) is 0 Å². The average Bonchev–Trinajstić information content (AvgIpc) is 2.45. The summed E-state index contributed by atoms with van der Waals surface area (Å²) in [4.78, 5) is 14.3. The summed E-state index contributed by atoms with van der Waals surface area (Å²) in [6, 6.07) is -0.456. The summed E-state index contributed by atoms with van der Waals surface area (Å²) in [5, 5.41) is 0. The normalized spacial score (nSPS) is 12.2. The number of Topliss-reactive ketones (excluding diaryl/α,β-unsaturated/α-hetero) is 1. The van der Waals surface area contributed by atoms with Gasteiger partial charge in [0.25, 0.3) is 0 Å². The van der Waals surface area contributed by atoms with Crippen molar-refractivity contribution in [2.45, 2.75) is 33.0 Å². The van der Waals surface area contributed by atoms with Crippen molar-refractivity contribution in [2.75, 3.05) is 0 Å². The second-order valence-corrected chi connectivity index (χ2v) is 3.48. The van der Waals surface area contributed by atoms with Crippen LogP contribution < -0.4 is 0 Å². The predicted molar refractivity (Wildman–Crippen MR) is 47.6 cm³/mol. The Morgan fingerprint density at radius 1 is 1.47 bits per heavy atom. The maximum atomic E-state index is 12.5. The van der Waals surface area contributed by atoms with Crippen molar-refractivity contribution >= 4 is 5.78 Å². The number of hydrogen-bond acceptors (Lipinski definition) is 2. The number of carbonyl (C=O) groups excluding carboxylic acids is 1. The molecule has 0 aliphatic rings. The molecule has 0 radical (unpaired) electrons. The van der Waals surface area contributed by atoms with Gasteiger partial charge in [0.2, 0.25) is 5.82 Å². The fourth-order valence-electron chi connectivity index (χ4n) is 1.35. The largest absolute Gasteiger partial charge is 0.449 e. The number of aromatic nitrogens is 2. The SMILES string of the molecule is CC(=O)c1cnc(C(F)(F)F)n1C(C)C. The first-order valence-electron chi connectivity index (χ1n) is 4.40. The average molecular weight is 220 g/mol. The van der Waals surface area contributed by atoms with Gasteiger partial charge in [0, 0.05) is 13.0 Å². The number of ketones is 1. The highest BCUT2D eigenvalue weighted by molar-refractivity contribution is 5.92. The number of nitrogens with zero attached hydrogens (tertiary/aromatic N) is 2. The Hall–Kier alpha value is -1.33. The molecule has 0 aromatic carbocycles. The molecular weight excluding hydrogens is 209 g/mol. The molecular formula is C9H11F3N2O. The fourth-order valence-corrected chi connectivity index (χ4v) is 1.35. The molecule has 0 atom stereocenters. The number of hydrogen-bond donors (Lipinski definition) is 0. The Balaban J connectivity index is 3.37. The van der Waals surface area contributed by atoms with Gasteiger partial charge in [-0.25, -0.2) is 4.98 Å². The monoisotopic (exact) mass is 220 g/mol. The van der Waals surface area contributed by atoms with E-state index in [9.17, 15) is 18.0 Å². The van der Waals surface area contributed by atoms with Crippen LogP contribution in [0.15, 0.2) is 6.20 Å². The minimum atomic E-state index is -4.53. The van der Waals surface area contributed by atoms with Gasteiger partial charge in [-0.15, -0.1) is 0 Å². The van der Waals surface area contributed by atoms with E-state index in [1.54, 1.807) is 13.8 Å². The summed E-state index contributed by atoms with van der Waals surface area (Å²) < 4.78 is 38.4. The first kappa shape index (κ1) is 11.7. The van der Waals surface area contributed by atoms with E-state index in [0.29, 0.717) is 0 Å². The van der Waals surface area contributed by atoms with Gasteiger partial charge in [-0.3, -0.25) is 4.79 Å². The van der Waals surface area contributed by atoms with Crippen LogP contribution in [0.3, 0.4) is 0 Å². The molecule has 0 saturated carbocycles. The van der Waals surface area contributed by atoms with Gasteiger partial charge in [0.15, 0.2) is 5.78 Å². The molecule has 84 valence electrons. The van der Waals surface area contributed by atoms with Gasteiger partial charge in [0.1, 0.15) is 5.69 Å². The minimum absolute atomic E-state index is 0.0164. The zero-order chi connectivity index (χ0) is 11.8. The number of rotatable bonds is 2. The van der Waals surface area contributed by atoms with Crippen LogP contribution in [-0.2, 0) is 6.18 Å². The molecule has 0 bridgehead atoms. The molecule has 1 aromatic heterocycles. The molecule has 0 saturated heterocycles. The molecule has 0 unspecified atom stereocenters. The zero-order valence-corrected chi connectivity index (χ0v) is 8.59. The van der Waals surface area contributed by atoms with E-state index in [1.165, 1.54) is 6.92 Å². The summed E-state index contributed by atoms with van der Waals surface area (Å²) in [6.45, 7) is 4.36. The highest BCUT2D eigenvalue weighted by atomic mass is 19.4. The summed E-state index contributed by atoms with van der Waals surface area (Å²) in [7, 11) is 0. The number of halogens is 3. The second kappa shape index (κ2) is 3.67. The van der Waals surface area contributed by atoms with Crippen LogP contribution >= 0.6 is 0 Å². The van der Waals surface area contributed by atoms with Crippen molar-refractivity contribution in [3.05, 3.63) is 17.7 Å². The van der Waals surface area contributed by atoms with Crippen LogP contribution in [0.1, 0.15) is 43.1 Å². The number of alkyl halides is 3. The van der Waals surface area contributed by atoms with Crippen LogP contribution in [0.25, 0.3) is 0 Å². The van der Waals surface area contributed by atoms with Crippen molar-refractivity contribution in [1.29, 1.82) is 0 Å². The minimum Gasteiger partial charge on any atom is -0.315 e. The zero-order valence-electron chi connectivity index (χ0n) is 8.59. The molecule has 6 heteroatoms. The lowest BCUT2D eigenvalue weighted by atomic mass is 10.3. The molecule has 3 nitrogen and oxygen atoms in total. The smallest absolute Gasteiger partial charge is 0.315 e. The van der Waals surface area contributed by atoms with Crippen molar-refractivity contribution < 1.29 is 18.0 Å². The Morgan fingerprint density at radius 3 is 2.33 bits per heavy atom.